The molecular formula is C12H12O5. The van der Waals surface area contributed by atoms with E-state index in [-0.39, 0.29) is 12.1 Å². The van der Waals surface area contributed by atoms with Crippen molar-refractivity contribution in [1.82, 2.24) is 0 Å². The summed E-state index contributed by atoms with van der Waals surface area (Å²) in [6.07, 6.45) is -0.793. The Morgan fingerprint density at radius 2 is 1.76 bits per heavy atom. The maximum atomic E-state index is 11.2. The van der Waals surface area contributed by atoms with E-state index in [4.69, 9.17) is 4.74 Å². The van der Waals surface area contributed by atoms with Crippen molar-refractivity contribution < 1.29 is 23.8 Å². The van der Waals surface area contributed by atoms with Crippen molar-refractivity contribution in [2.75, 3.05) is 14.2 Å². The molecular weight excluding hydrogens is 224 g/mol. The van der Waals surface area contributed by atoms with Gasteiger partial charge in [-0.3, -0.25) is 0 Å². The Balaban J connectivity index is 2.05. The van der Waals surface area contributed by atoms with Crippen molar-refractivity contribution in [1.29, 1.82) is 0 Å². The Labute approximate surface area is 98.3 Å². The minimum Gasteiger partial charge on any atom is -0.467 e. The number of hydrogen-bond acceptors (Lipinski definition) is 5. The Bertz CT molecular complexity index is 437. The Morgan fingerprint density at radius 1 is 1.12 bits per heavy atom. The molecule has 0 bridgehead atoms. The van der Waals surface area contributed by atoms with Crippen molar-refractivity contribution >= 4 is 11.9 Å². The molecule has 0 aromatic heterocycles. The minimum atomic E-state index is -0.524. The molecule has 0 amide bonds. The van der Waals surface area contributed by atoms with E-state index in [2.05, 4.69) is 9.47 Å². The molecule has 0 N–H and O–H groups in total. The molecule has 1 aromatic carbocycles. The summed E-state index contributed by atoms with van der Waals surface area (Å²) in [5.41, 5.74) is 1.31. The average Bonchev–Trinajstić information content (AvgIpc) is 3.17. The first-order chi connectivity index (χ1) is 8.17. The first-order valence-electron chi connectivity index (χ1n) is 5.09. The molecule has 1 aliphatic heterocycles. The highest BCUT2D eigenvalue weighted by Crippen LogP contribution is 2.39. The number of esters is 2. The van der Waals surface area contributed by atoms with Gasteiger partial charge in [-0.25, -0.2) is 9.59 Å². The lowest BCUT2D eigenvalue weighted by Gasteiger charge is -2.00. The second kappa shape index (κ2) is 4.55. The van der Waals surface area contributed by atoms with Crippen LogP contribution in [0.1, 0.15) is 22.0 Å². The Hall–Kier alpha value is -1.88. The van der Waals surface area contributed by atoms with Crippen LogP contribution in [0, 0.1) is 0 Å². The summed E-state index contributed by atoms with van der Waals surface area (Å²) in [6, 6.07) is 6.74. The third-order valence-corrected chi connectivity index (χ3v) is 2.59. The first kappa shape index (κ1) is 11.6. The van der Waals surface area contributed by atoms with Gasteiger partial charge in [0.2, 0.25) is 0 Å². The zero-order valence-corrected chi connectivity index (χ0v) is 9.51. The van der Waals surface area contributed by atoms with Crippen LogP contribution >= 0.6 is 0 Å². The van der Waals surface area contributed by atoms with Crippen LogP contribution < -0.4 is 0 Å². The zero-order chi connectivity index (χ0) is 12.4. The highest BCUT2D eigenvalue weighted by Gasteiger charge is 2.47. The summed E-state index contributed by atoms with van der Waals surface area (Å²) in [6.45, 7) is 0. The minimum absolute atomic E-state index is 0.269. The van der Waals surface area contributed by atoms with Gasteiger partial charge in [-0.15, -0.1) is 0 Å². The Kier molecular flexibility index (Phi) is 3.10. The van der Waals surface area contributed by atoms with E-state index < -0.39 is 12.1 Å². The predicted molar refractivity (Wildman–Crippen MR) is 57.4 cm³/mol. The highest BCUT2D eigenvalue weighted by atomic mass is 16.6. The fourth-order valence-electron chi connectivity index (χ4n) is 1.59. The van der Waals surface area contributed by atoms with Crippen LogP contribution in [0.3, 0.4) is 0 Å². The summed E-state index contributed by atoms with van der Waals surface area (Å²) in [5, 5.41) is 0. The van der Waals surface area contributed by atoms with Gasteiger partial charge in [0.25, 0.3) is 0 Å². The van der Waals surface area contributed by atoms with Crippen molar-refractivity contribution in [3.63, 3.8) is 0 Å². The first-order valence-corrected chi connectivity index (χ1v) is 5.09. The van der Waals surface area contributed by atoms with E-state index >= 15 is 0 Å². The molecule has 1 aliphatic rings. The summed E-state index contributed by atoms with van der Waals surface area (Å²) in [5.74, 6) is -0.773. The van der Waals surface area contributed by atoms with Crippen molar-refractivity contribution in [2.45, 2.75) is 12.2 Å². The van der Waals surface area contributed by atoms with Crippen LogP contribution in [0.15, 0.2) is 24.3 Å². The van der Waals surface area contributed by atoms with Gasteiger partial charge in [0.05, 0.1) is 19.8 Å². The van der Waals surface area contributed by atoms with E-state index in [9.17, 15) is 9.59 Å². The third kappa shape index (κ3) is 2.29. The molecule has 0 radical (unpaired) electrons. The summed E-state index contributed by atoms with van der Waals surface area (Å²) < 4.78 is 14.3. The second-order valence-corrected chi connectivity index (χ2v) is 3.61. The van der Waals surface area contributed by atoms with Gasteiger partial charge in [-0.1, -0.05) is 12.1 Å². The molecule has 5 nitrogen and oxygen atoms in total. The average molecular weight is 236 g/mol. The molecule has 1 saturated heterocycles. The van der Waals surface area contributed by atoms with Gasteiger partial charge in [0.1, 0.15) is 6.10 Å². The number of epoxide rings is 1. The number of hydrogen-bond donors (Lipinski definition) is 0. The van der Waals surface area contributed by atoms with Gasteiger partial charge in [-0.05, 0) is 17.7 Å². The van der Waals surface area contributed by atoms with Crippen LogP contribution in [0.2, 0.25) is 0 Å². The maximum Gasteiger partial charge on any atom is 0.338 e. The zero-order valence-electron chi connectivity index (χ0n) is 9.51. The predicted octanol–water partition coefficient (Wildman–Crippen LogP) is 1.09. The molecule has 2 unspecified atom stereocenters. The number of benzene rings is 1. The quantitative estimate of drug-likeness (QED) is 0.580. The van der Waals surface area contributed by atoms with Gasteiger partial charge in [0.15, 0.2) is 6.10 Å². The van der Waals surface area contributed by atoms with E-state index in [1.54, 1.807) is 24.3 Å². The number of ether oxygens (including phenoxy) is 3. The van der Waals surface area contributed by atoms with Crippen LogP contribution in [0.25, 0.3) is 0 Å². The summed E-state index contributed by atoms with van der Waals surface area (Å²) in [4.78, 5) is 22.4. The van der Waals surface area contributed by atoms with E-state index in [1.165, 1.54) is 14.2 Å². The molecule has 2 atom stereocenters. The smallest absolute Gasteiger partial charge is 0.338 e. The van der Waals surface area contributed by atoms with Gasteiger partial charge < -0.3 is 14.2 Å². The fourth-order valence-corrected chi connectivity index (χ4v) is 1.59. The SMILES string of the molecule is COC(=O)c1ccc(C2OC2C(=O)OC)cc1. The second-order valence-electron chi connectivity index (χ2n) is 3.61. The standard InChI is InChI=1S/C12H12O5/c1-15-11(13)8-5-3-7(4-6-8)9-10(17-9)12(14)16-2/h3-6,9-10H,1-2H3. The number of carbonyl (C=O) groups is 2. The van der Waals surface area contributed by atoms with E-state index in [0.717, 1.165) is 5.56 Å². The number of carbonyl (C=O) groups excluding carboxylic acids is 2. The highest BCUT2D eigenvalue weighted by molar-refractivity contribution is 5.89. The van der Waals surface area contributed by atoms with Crippen LogP contribution in [-0.4, -0.2) is 32.3 Å². The van der Waals surface area contributed by atoms with Crippen LogP contribution in [-0.2, 0) is 19.0 Å². The van der Waals surface area contributed by atoms with Gasteiger partial charge in [-0.2, -0.15) is 0 Å². The fraction of sp³-hybridized carbons (Fsp3) is 0.333. The molecule has 1 fully saturated rings. The summed E-state index contributed by atoms with van der Waals surface area (Å²) >= 11 is 0. The molecule has 17 heavy (non-hydrogen) atoms. The van der Waals surface area contributed by atoms with Gasteiger partial charge in [0, 0.05) is 0 Å². The van der Waals surface area contributed by atoms with Crippen molar-refractivity contribution in [3.05, 3.63) is 35.4 Å². The lowest BCUT2D eigenvalue weighted by molar-refractivity contribution is -0.142. The summed E-state index contributed by atoms with van der Waals surface area (Å²) in [7, 11) is 2.65. The molecule has 5 heteroatoms. The van der Waals surface area contributed by atoms with E-state index in [1.807, 2.05) is 0 Å². The number of methoxy groups -OCH3 is 2. The van der Waals surface area contributed by atoms with Crippen LogP contribution in [0.4, 0.5) is 0 Å². The van der Waals surface area contributed by atoms with Crippen LogP contribution in [0.5, 0.6) is 0 Å². The van der Waals surface area contributed by atoms with E-state index in [0.29, 0.717) is 5.56 Å². The number of rotatable bonds is 3. The molecule has 1 heterocycles. The molecule has 90 valence electrons. The largest absolute Gasteiger partial charge is 0.467 e. The third-order valence-electron chi connectivity index (χ3n) is 2.59. The van der Waals surface area contributed by atoms with Crippen molar-refractivity contribution in [3.8, 4) is 0 Å². The monoisotopic (exact) mass is 236 g/mol. The lowest BCUT2D eigenvalue weighted by Crippen LogP contribution is -2.09. The molecule has 1 aromatic rings. The molecule has 0 aliphatic carbocycles. The topological polar surface area (TPSA) is 65.1 Å². The van der Waals surface area contributed by atoms with Gasteiger partial charge >= 0.3 is 11.9 Å². The Morgan fingerprint density at radius 3 is 2.29 bits per heavy atom. The normalized spacial score (nSPS) is 21.8. The molecule has 0 saturated carbocycles. The van der Waals surface area contributed by atoms with Crippen molar-refractivity contribution in [2.24, 2.45) is 0 Å². The maximum absolute atomic E-state index is 11.2. The molecule has 2 rings (SSSR count). The lowest BCUT2D eigenvalue weighted by atomic mass is 10.1. The molecule has 0 spiro atoms.